The van der Waals surface area contributed by atoms with Crippen LogP contribution >= 0.6 is 0 Å². The number of nitriles is 2. The van der Waals surface area contributed by atoms with E-state index in [0.29, 0.717) is 23.5 Å². The van der Waals surface area contributed by atoms with Crippen LogP contribution in [0.25, 0.3) is 11.1 Å². The van der Waals surface area contributed by atoms with Gasteiger partial charge in [-0.2, -0.15) is 10.5 Å². The highest BCUT2D eigenvalue weighted by Gasteiger charge is 2.18. The van der Waals surface area contributed by atoms with E-state index in [2.05, 4.69) is 0 Å². The Labute approximate surface area is 128 Å². The van der Waals surface area contributed by atoms with E-state index in [9.17, 15) is 20.7 Å². The first-order valence-electron chi connectivity index (χ1n) is 6.74. The monoisotopic (exact) mass is 294 g/mol. The fraction of sp³-hybridized carbons (Fsp3) is 0.176. The van der Waals surface area contributed by atoms with Crippen molar-refractivity contribution in [2.45, 2.75) is 13.3 Å². The lowest BCUT2D eigenvalue weighted by Gasteiger charge is -2.11. The molecular weight excluding hydrogens is 280 g/mol. The molecule has 0 saturated carbocycles. The molecule has 0 atom stereocenters. The topological polar surface area (TPSA) is 97.3 Å². The van der Waals surface area contributed by atoms with Gasteiger partial charge in [0.25, 0.3) is 0 Å². The summed E-state index contributed by atoms with van der Waals surface area (Å²) < 4.78 is 5.48. The molecule has 0 aromatic heterocycles. The summed E-state index contributed by atoms with van der Waals surface area (Å²) in [6, 6.07) is 11.8. The van der Waals surface area contributed by atoms with Gasteiger partial charge in [-0.1, -0.05) is 19.1 Å². The number of phenolic OH excluding ortho intramolecular Hbond substituents is 2. The minimum Gasteiger partial charge on any atom is -0.504 e. The van der Waals surface area contributed by atoms with Gasteiger partial charge >= 0.3 is 0 Å². The average molecular weight is 294 g/mol. The smallest absolute Gasteiger partial charge is 0.176 e. The first-order chi connectivity index (χ1) is 10.6. The molecule has 5 nitrogen and oxygen atoms in total. The van der Waals surface area contributed by atoms with Gasteiger partial charge in [0.1, 0.15) is 17.4 Å². The third-order valence-electron chi connectivity index (χ3n) is 3.13. The summed E-state index contributed by atoms with van der Waals surface area (Å²) in [5, 5.41) is 37.8. The van der Waals surface area contributed by atoms with E-state index >= 15 is 0 Å². The molecule has 110 valence electrons. The molecule has 5 heteroatoms. The van der Waals surface area contributed by atoms with Crippen molar-refractivity contribution in [3.05, 3.63) is 41.5 Å². The van der Waals surface area contributed by atoms with Gasteiger partial charge in [0.2, 0.25) is 0 Å². The predicted molar refractivity (Wildman–Crippen MR) is 80.4 cm³/mol. The number of aromatic hydroxyl groups is 2. The van der Waals surface area contributed by atoms with E-state index in [4.69, 9.17) is 4.74 Å². The number of hydrogen-bond acceptors (Lipinski definition) is 5. The Hall–Kier alpha value is -3.18. The molecule has 2 rings (SSSR count). The molecule has 0 fully saturated rings. The van der Waals surface area contributed by atoms with Crippen molar-refractivity contribution in [1.29, 1.82) is 10.5 Å². The highest BCUT2D eigenvalue weighted by molar-refractivity contribution is 5.81. The Morgan fingerprint density at radius 1 is 1.09 bits per heavy atom. The molecule has 0 heterocycles. The van der Waals surface area contributed by atoms with Crippen LogP contribution in [0.5, 0.6) is 17.2 Å². The standard InChI is InChI=1S/C17H14N2O3/c1-2-7-22-13-5-3-11(4-6-13)16-12(9-18)8-15(20)17(21)14(16)10-19/h3-6,8,20-21H,2,7H2,1H3. The van der Waals surface area contributed by atoms with Crippen LogP contribution in [0.1, 0.15) is 24.5 Å². The lowest BCUT2D eigenvalue weighted by Crippen LogP contribution is -1.95. The number of rotatable bonds is 4. The van der Waals surface area contributed by atoms with Gasteiger partial charge in [-0.3, -0.25) is 0 Å². The van der Waals surface area contributed by atoms with Gasteiger partial charge in [0.15, 0.2) is 11.5 Å². The summed E-state index contributed by atoms with van der Waals surface area (Å²) in [4.78, 5) is 0. The second-order valence-electron chi connectivity index (χ2n) is 4.64. The number of nitrogens with zero attached hydrogens (tertiary/aromatic N) is 2. The largest absolute Gasteiger partial charge is 0.504 e. The first-order valence-corrected chi connectivity index (χ1v) is 6.74. The molecular formula is C17H14N2O3. The molecule has 0 aliphatic heterocycles. The van der Waals surface area contributed by atoms with Crippen molar-refractivity contribution in [3.8, 4) is 40.5 Å². The highest BCUT2D eigenvalue weighted by atomic mass is 16.5. The minimum absolute atomic E-state index is 0.120. The van der Waals surface area contributed by atoms with Crippen LogP contribution in [0, 0.1) is 22.7 Å². The molecule has 0 saturated heterocycles. The molecule has 0 radical (unpaired) electrons. The molecule has 2 aromatic carbocycles. The Morgan fingerprint density at radius 3 is 2.32 bits per heavy atom. The lowest BCUT2D eigenvalue weighted by molar-refractivity contribution is 0.317. The molecule has 0 spiro atoms. The van der Waals surface area contributed by atoms with Crippen LogP contribution < -0.4 is 4.74 Å². The van der Waals surface area contributed by atoms with Crippen LogP contribution in [-0.2, 0) is 0 Å². The number of hydrogen-bond donors (Lipinski definition) is 2. The number of phenols is 2. The third kappa shape index (κ3) is 2.79. The predicted octanol–water partition coefficient (Wildman–Crippen LogP) is 3.30. The van der Waals surface area contributed by atoms with E-state index < -0.39 is 11.5 Å². The normalized spacial score (nSPS) is 9.77. The molecule has 2 N–H and O–H groups in total. The van der Waals surface area contributed by atoms with Crippen LogP contribution in [0.3, 0.4) is 0 Å². The minimum atomic E-state index is -0.525. The highest BCUT2D eigenvalue weighted by Crippen LogP contribution is 2.39. The van der Waals surface area contributed by atoms with Crippen molar-refractivity contribution >= 4 is 0 Å². The summed E-state index contributed by atoms with van der Waals surface area (Å²) in [5.41, 5.74) is 0.877. The van der Waals surface area contributed by atoms with Gasteiger partial charge in [-0.15, -0.1) is 0 Å². The fourth-order valence-electron chi connectivity index (χ4n) is 2.09. The number of benzene rings is 2. The van der Waals surface area contributed by atoms with Crippen LogP contribution in [0.15, 0.2) is 30.3 Å². The maximum Gasteiger partial charge on any atom is 0.176 e. The Balaban J connectivity index is 2.55. The second-order valence-corrected chi connectivity index (χ2v) is 4.64. The molecule has 0 aliphatic carbocycles. The molecule has 0 unspecified atom stereocenters. The summed E-state index contributed by atoms with van der Waals surface area (Å²) >= 11 is 0. The van der Waals surface area contributed by atoms with Crippen molar-refractivity contribution in [2.75, 3.05) is 6.61 Å². The van der Waals surface area contributed by atoms with E-state index in [1.807, 2.05) is 19.1 Å². The van der Waals surface area contributed by atoms with Gasteiger partial charge in [0.05, 0.1) is 18.2 Å². The Morgan fingerprint density at radius 2 is 1.77 bits per heavy atom. The summed E-state index contributed by atoms with van der Waals surface area (Å²) in [6.07, 6.45) is 0.894. The number of ether oxygens (including phenoxy) is 1. The molecule has 0 bridgehead atoms. The quantitative estimate of drug-likeness (QED) is 0.843. The Bertz CT molecular complexity index is 768. The van der Waals surface area contributed by atoms with Gasteiger partial charge in [-0.25, -0.2) is 0 Å². The maximum absolute atomic E-state index is 9.82. The third-order valence-corrected chi connectivity index (χ3v) is 3.13. The molecule has 22 heavy (non-hydrogen) atoms. The second kappa shape index (κ2) is 6.51. The van der Waals surface area contributed by atoms with Gasteiger partial charge < -0.3 is 14.9 Å². The van der Waals surface area contributed by atoms with Crippen molar-refractivity contribution in [3.63, 3.8) is 0 Å². The first kappa shape index (κ1) is 15.2. The maximum atomic E-state index is 9.82. The zero-order valence-corrected chi connectivity index (χ0v) is 12.0. The van der Waals surface area contributed by atoms with E-state index in [-0.39, 0.29) is 11.1 Å². The van der Waals surface area contributed by atoms with Crippen LogP contribution in [0.4, 0.5) is 0 Å². The summed E-state index contributed by atoms with van der Waals surface area (Å²) in [5.74, 6) is -0.326. The van der Waals surface area contributed by atoms with Gasteiger partial charge in [0, 0.05) is 11.6 Å². The molecule has 0 aliphatic rings. The summed E-state index contributed by atoms with van der Waals surface area (Å²) in [7, 11) is 0. The zero-order chi connectivity index (χ0) is 16.1. The average Bonchev–Trinajstić information content (AvgIpc) is 2.55. The summed E-state index contributed by atoms with van der Waals surface area (Å²) in [6.45, 7) is 2.61. The van der Waals surface area contributed by atoms with Crippen molar-refractivity contribution < 1.29 is 14.9 Å². The Kier molecular flexibility index (Phi) is 4.50. The fourth-order valence-corrected chi connectivity index (χ4v) is 2.09. The van der Waals surface area contributed by atoms with E-state index in [0.717, 1.165) is 12.5 Å². The SMILES string of the molecule is CCCOc1ccc(-c2c(C#N)cc(O)c(O)c2C#N)cc1. The lowest BCUT2D eigenvalue weighted by atomic mass is 9.94. The zero-order valence-electron chi connectivity index (χ0n) is 12.0. The van der Waals surface area contributed by atoms with Gasteiger partial charge in [-0.05, 0) is 24.1 Å². The molecule has 0 amide bonds. The van der Waals surface area contributed by atoms with Crippen LogP contribution in [0.2, 0.25) is 0 Å². The van der Waals surface area contributed by atoms with Crippen molar-refractivity contribution in [2.24, 2.45) is 0 Å². The van der Waals surface area contributed by atoms with Crippen molar-refractivity contribution in [1.82, 2.24) is 0 Å². The van der Waals surface area contributed by atoms with E-state index in [1.54, 1.807) is 24.3 Å². The van der Waals surface area contributed by atoms with E-state index in [1.165, 1.54) is 0 Å². The molecule has 2 aromatic rings. The van der Waals surface area contributed by atoms with Crippen LogP contribution in [-0.4, -0.2) is 16.8 Å².